The van der Waals surface area contributed by atoms with Gasteiger partial charge in [-0.3, -0.25) is 9.59 Å². The fourth-order valence-electron chi connectivity index (χ4n) is 11.5. The van der Waals surface area contributed by atoms with Gasteiger partial charge in [0, 0.05) is 39.4 Å². The fourth-order valence-corrected chi connectivity index (χ4v) is 11.5. The van der Waals surface area contributed by atoms with Crippen LogP contribution in [-0.4, -0.2) is 127 Å². The summed E-state index contributed by atoms with van der Waals surface area (Å²) in [5.74, 6) is -2.89. The van der Waals surface area contributed by atoms with Gasteiger partial charge in [0.05, 0.1) is 42.3 Å². The van der Waals surface area contributed by atoms with Gasteiger partial charge in [0.15, 0.2) is 17.5 Å². The molecule has 6 rings (SSSR count). The third kappa shape index (κ3) is 6.21. The van der Waals surface area contributed by atoms with Crippen LogP contribution in [0.15, 0.2) is 35.4 Å². The van der Waals surface area contributed by atoms with Crippen molar-refractivity contribution < 1.29 is 72.1 Å². The maximum absolute atomic E-state index is 15.4. The van der Waals surface area contributed by atoms with Crippen molar-refractivity contribution in [2.45, 2.75) is 141 Å². The molecule has 0 aromatic heterocycles. The first kappa shape index (κ1) is 44.5. The minimum absolute atomic E-state index is 0.0705. The van der Waals surface area contributed by atoms with Crippen LogP contribution in [-0.2, 0) is 47.5 Å². The molecule has 5 aliphatic rings. The number of rotatable bonds is 12. The molecule has 3 saturated carbocycles. The van der Waals surface area contributed by atoms with Gasteiger partial charge < -0.3 is 53.4 Å². The topological polar surface area (TPSA) is 212 Å². The van der Waals surface area contributed by atoms with Gasteiger partial charge in [-0.15, -0.1) is 0 Å². The summed E-state index contributed by atoms with van der Waals surface area (Å²) < 4.78 is 47.8. The standard InChI is InChI=1S/C43H59NO15/c1-21(2)16-26(44-37(50)59-38(5,6)7)31(46)35(49)56-27-19-41(51)36(57-34(48)24-14-13-15-25(17-24)52-10)43-39(8,33(47)32(54-12)30(22(27)3)40(41,43)9)28(53-11)18-29-42(43,20-55-29)58-23(4)45/h13-15,17,21,26-29,31-32,36,46,51H,16,18-20H2,1-12H3,(H,44,50)/t26-,27-,28-,29+,31+,32+,36+,39-,40-,41+,42-,43?/m0/s1. The summed E-state index contributed by atoms with van der Waals surface area (Å²) in [7, 11) is 4.24. The van der Waals surface area contributed by atoms with Crippen molar-refractivity contribution in [3.8, 4) is 5.75 Å². The molecule has 4 aliphatic carbocycles. The highest BCUT2D eigenvalue weighted by atomic mass is 16.6. The molecule has 4 fully saturated rings. The van der Waals surface area contributed by atoms with Crippen LogP contribution >= 0.6 is 0 Å². The van der Waals surface area contributed by atoms with E-state index in [-0.39, 0.29) is 42.9 Å². The number of ether oxygens (including phenoxy) is 8. The number of nitrogens with one attached hydrogen (secondary N) is 1. The molecule has 0 bridgehead atoms. The van der Waals surface area contributed by atoms with Crippen LogP contribution in [0.5, 0.6) is 5.75 Å². The van der Waals surface area contributed by atoms with E-state index in [2.05, 4.69) is 5.32 Å². The highest BCUT2D eigenvalue weighted by Gasteiger charge is 2.99. The largest absolute Gasteiger partial charge is 0.497 e. The van der Waals surface area contributed by atoms with E-state index in [9.17, 15) is 29.4 Å². The number of hydrogen-bond donors (Lipinski definition) is 3. The predicted octanol–water partition coefficient (Wildman–Crippen LogP) is 3.61. The summed E-state index contributed by atoms with van der Waals surface area (Å²) in [4.78, 5) is 69.8. The van der Waals surface area contributed by atoms with E-state index >= 15 is 4.79 Å². The zero-order valence-corrected chi connectivity index (χ0v) is 36.0. The minimum Gasteiger partial charge on any atom is -0.497 e. The number of alkyl carbamates (subject to hydrolysis) is 1. The van der Waals surface area contributed by atoms with Gasteiger partial charge in [0.1, 0.15) is 41.4 Å². The second kappa shape index (κ2) is 15.1. The van der Waals surface area contributed by atoms with Crippen molar-refractivity contribution >= 4 is 29.8 Å². The number of ketones is 1. The van der Waals surface area contributed by atoms with Crippen molar-refractivity contribution in [1.82, 2.24) is 5.32 Å². The summed E-state index contributed by atoms with van der Waals surface area (Å²) in [6.45, 7) is 14.8. The number of aliphatic hydroxyl groups is 2. The molecule has 0 radical (unpaired) electrons. The first-order chi connectivity index (χ1) is 27.4. The fraction of sp³-hybridized carbons (Fsp3) is 0.698. The molecular formula is C43H59NO15. The van der Waals surface area contributed by atoms with Crippen LogP contribution in [0.2, 0.25) is 0 Å². The Kier molecular flexibility index (Phi) is 11.4. The van der Waals surface area contributed by atoms with Crippen LogP contribution in [0.4, 0.5) is 4.79 Å². The number of carbonyl (C=O) groups excluding carboxylic acids is 5. The summed E-state index contributed by atoms with van der Waals surface area (Å²) >= 11 is 0. The third-order valence-electron chi connectivity index (χ3n) is 13.7. The van der Waals surface area contributed by atoms with Gasteiger partial charge in [-0.05, 0) is 76.3 Å². The molecule has 1 saturated heterocycles. The molecule has 1 spiro atoms. The van der Waals surface area contributed by atoms with E-state index in [0.29, 0.717) is 11.3 Å². The van der Waals surface area contributed by atoms with Crippen LogP contribution in [0, 0.1) is 22.2 Å². The Balaban J connectivity index is 1.52. The van der Waals surface area contributed by atoms with Gasteiger partial charge in [-0.2, -0.15) is 0 Å². The molecule has 1 unspecified atom stereocenters. The molecule has 12 atom stereocenters. The molecule has 3 N–H and O–H groups in total. The Hall–Kier alpha value is -4.09. The first-order valence-electron chi connectivity index (χ1n) is 20.0. The SMILES string of the molecule is COc1cccc(C(=O)O[C@H]2C34[C@]5(OC(C)=O)CO[C@@H]5C[C@H](OC)[C@@]3(C)C(=O)[C@H](OC)C3=C(C)[C@@H](OC(=O)[C@H](O)[C@H](CC(C)C)NC(=O)OC(C)(C)C)C[C@]2(O)[C@]34C)c1. The predicted molar refractivity (Wildman–Crippen MR) is 207 cm³/mol. The second-order valence-corrected chi connectivity index (χ2v) is 18.4. The number of amides is 1. The van der Waals surface area contributed by atoms with Gasteiger partial charge >= 0.3 is 24.0 Å². The summed E-state index contributed by atoms with van der Waals surface area (Å²) in [6.07, 6.45) is -8.80. The maximum Gasteiger partial charge on any atom is 0.407 e. The molecule has 1 heterocycles. The zero-order chi connectivity index (χ0) is 43.8. The average molecular weight is 830 g/mol. The Labute approximate surface area is 344 Å². The average Bonchev–Trinajstić information content (AvgIpc) is 3.14. The van der Waals surface area contributed by atoms with Crippen molar-refractivity contribution in [3.05, 3.63) is 41.0 Å². The zero-order valence-electron chi connectivity index (χ0n) is 36.0. The molecule has 16 heteroatoms. The number of aliphatic hydroxyl groups excluding tert-OH is 1. The monoisotopic (exact) mass is 829 g/mol. The highest BCUT2D eigenvalue weighted by Crippen LogP contribution is 2.86. The van der Waals surface area contributed by atoms with E-state index < -0.39 is 105 Å². The summed E-state index contributed by atoms with van der Waals surface area (Å²) in [5, 5.41) is 27.5. The van der Waals surface area contributed by atoms with Crippen LogP contribution < -0.4 is 10.1 Å². The van der Waals surface area contributed by atoms with Crippen LogP contribution in [0.1, 0.15) is 91.9 Å². The number of carbonyl (C=O) groups is 5. The van der Waals surface area contributed by atoms with Gasteiger partial charge in [0.25, 0.3) is 0 Å². The van der Waals surface area contributed by atoms with E-state index in [1.165, 1.54) is 40.4 Å². The van der Waals surface area contributed by atoms with E-state index in [1.54, 1.807) is 53.7 Å². The first-order valence-corrected chi connectivity index (χ1v) is 20.0. The number of hydrogen-bond acceptors (Lipinski definition) is 15. The number of Topliss-reactive ketones (excluding diaryl/α,β-unsaturated/α-hetero) is 1. The van der Waals surface area contributed by atoms with Gasteiger partial charge in [0.2, 0.25) is 0 Å². The second-order valence-electron chi connectivity index (χ2n) is 18.4. The Morgan fingerprint density at radius 3 is 2.27 bits per heavy atom. The Morgan fingerprint density at radius 2 is 1.73 bits per heavy atom. The summed E-state index contributed by atoms with van der Waals surface area (Å²) in [6, 6.07) is 5.09. The lowest BCUT2D eigenvalue weighted by atomic mass is 9.20. The van der Waals surface area contributed by atoms with Crippen molar-refractivity contribution in [2.75, 3.05) is 27.9 Å². The highest BCUT2D eigenvalue weighted by molar-refractivity contribution is 5.98. The molecule has 1 amide bonds. The minimum atomic E-state index is -2.14. The molecule has 326 valence electrons. The van der Waals surface area contributed by atoms with E-state index in [0.717, 1.165) is 0 Å². The van der Waals surface area contributed by atoms with Crippen LogP contribution in [0.3, 0.4) is 0 Å². The normalized spacial score (nSPS) is 36.7. The van der Waals surface area contributed by atoms with E-state index in [1.807, 2.05) is 13.8 Å². The number of fused-ring (bicyclic) bond motifs is 1. The van der Waals surface area contributed by atoms with Crippen molar-refractivity contribution in [3.63, 3.8) is 0 Å². The molecular weight excluding hydrogens is 770 g/mol. The lowest BCUT2D eigenvalue weighted by Crippen LogP contribution is -3.00. The van der Waals surface area contributed by atoms with Crippen molar-refractivity contribution in [1.29, 1.82) is 0 Å². The quantitative estimate of drug-likeness (QED) is 0.156. The van der Waals surface area contributed by atoms with Gasteiger partial charge in [-0.1, -0.05) is 26.8 Å². The molecule has 59 heavy (non-hydrogen) atoms. The molecule has 1 aromatic rings. The molecule has 1 aromatic carbocycles. The van der Waals surface area contributed by atoms with Crippen molar-refractivity contribution in [2.24, 2.45) is 22.2 Å². The molecule has 1 aliphatic heterocycles. The Morgan fingerprint density at radius 1 is 1.05 bits per heavy atom. The number of esters is 3. The Bertz CT molecular complexity index is 1920. The van der Waals surface area contributed by atoms with E-state index in [4.69, 9.17) is 37.9 Å². The lowest BCUT2D eigenvalue weighted by molar-refractivity contribution is -0.473. The number of methoxy groups -OCH3 is 3. The summed E-state index contributed by atoms with van der Waals surface area (Å²) in [5.41, 5.74) is -8.96. The third-order valence-corrected chi connectivity index (χ3v) is 13.7. The smallest absolute Gasteiger partial charge is 0.407 e. The van der Waals surface area contributed by atoms with Gasteiger partial charge in [-0.25, -0.2) is 14.4 Å². The number of benzene rings is 1. The lowest BCUT2D eigenvalue weighted by Gasteiger charge is -2.86. The molecule has 16 nitrogen and oxygen atoms in total. The van der Waals surface area contributed by atoms with Crippen LogP contribution in [0.25, 0.3) is 0 Å². The maximum atomic E-state index is 15.4.